The average molecular weight is 279 g/mol. The Kier molecular flexibility index (Phi) is 2.81. The van der Waals surface area contributed by atoms with Crippen LogP contribution in [0.5, 0.6) is 5.75 Å². The SMILES string of the molecule is COc1ccc(-n2cnc3ccc(N4CCC4)cc32)cc1. The highest BCUT2D eigenvalue weighted by Gasteiger charge is 2.15. The van der Waals surface area contributed by atoms with E-state index in [-0.39, 0.29) is 0 Å². The first-order valence-corrected chi connectivity index (χ1v) is 7.22. The zero-order valence-electron chi connectivity index (χ0n) is 12.0. The van der Waals surface area contributed by atoms with Crippen LogP contribution in [0.25, 0.3) is 16.7 Å². The minimum atomic E-state index is 0.865. The third-order valence-electron chi connectivity index (χ3n) is 4.10. The average Bonchev–Trinajstić information content (AvgIpc) is 2.89. The van der Waals surface area contributed by atoms with E-state index in [1.807, 2.05) is 18.5 Å². The molecule has 106 valence electrons. The van der Waals surface area contributed by atoms with Gasteiger partial charge in [-0.05, 0) is 48.9 Å². The van der Waals surface area contributed by atoms with Gasteiger partial charge in [0.15, 0.2) is 0 Å². The molecule has 4 nitrogen and oxygen atoms in total. The summed E-state index contributed by atoms with van der Waals surface area (Å²) in [5, 5.41) is 0. The summed E-state index contributed by atoms with van der Waals surface area (Å²) in [7, 11) is 1.68. The lowest BCUT2D eigenvalue weighted by Gasteiger charge is -2.33. The molecule has 1 aromatic heterocycles. The van der Waals surface area contributed by atoms with E-state index in [0.29, 0.717) is 0 Å². The molecular weight excluding hydrogens is 262 g/mol. The van der Waals surface area contributed by atoms with Crippen molar-refractivity contribution in [3.8, 4) is 11.4 Å². The number of hydrogen-bond acceptors (Lipinski definition) is 3. The summed E-state index contributed by atoms with van der Waals surface area (Å²) in [5.41, 5.74) is 4.54. The number of aromatic nitrogens is 2. The molecule has 0 saturated carbocycles. The number of ether oxygens (including phenoxy) is 1. The van der Waals surface area contributed by atoms with Crippen molar-refractivity contribution in [2.24, 2.45) is 0 Å². The van der Waals surface area contributed by atoms with Crippen LogP contribution in [0, 0.1) is 0 Å². The first-order chi connectivity index (χ1) is 10.3. The highest BCUT2D eigenvalue weighted by Crippen LogP contribution is 2.27. The van der Waals surface area contributed by atoms with Crippen molar-refractivity contribution in [3.05, 3.63) is 48.8 Å². The van der Waals surface area contributed by atoms with Gasteiger partial charge in [0.1, 0.15) is 12.1 Å². The lowest BCUT2D eigenvalue weighted by molar-refractivity contribution is 0.415. The smallest absolute Gasteiger partial charge is 0.119 e. The maximum absolute atomic E-state index is 5.22. The van der Waals surface area contributed by atoms with E-state index >= 15 is 0 Å². The number of benzene rings is 2. The molecule has 2 aromatic carbocycles. The fourth-order valence-electron chi connectivity index (χ4n) is 2.72. The van der Waals surface area contributed by atoms with Gasteiger partial charge in [-0.25, -0.2) is 4.98 Å². The number of imidazole rings is 1. The van der Waals surface area contributed by atoms with Gasteiger partial charge in [-0.3, -0.25) is 4.57 Å². The van der Waals surface area contributed by atoms with Gasteiger partial charge in [0, 0.05) is 24.5 Å². The van der Waals surface area contributed by atoms with Crippen LogP contribution in [0.15, 0.2) is 48.8 Å². The zero-order valence-corrected chi connectivity index (χ0v) is 12.0. The standard InChI is InChI=1S/C17H17N3O/c1-21-15-6-3-13(4-7-15)20-12-18-16-8-5-14(11-17(16)20)19-9-2-10-19/h3-8,11-12H,2,9-10H2,1H3. The Morgan fingerprint density at radius 2 is 1.76 bits per heavy atom. The fraction of sp³-hybridized carbons (Fsp3) is 0.235. The number of fused-ring (bicyclic) bond motifs is 1. The van der Waals surface area contributed by atoms with Gasteiger partial charge in [-0.2, -0.15) is 0 Å². The Morgan fingerprint density at radius 3 is 2.43 bits per heavy atom. The normalized spacial score (nSPS) is 14.2. The summed E-state index contributed by atoms with van der Waals surface area (Å²) < 4.78 is 7.34. The van der Waals surface area contributed by atoms with Crippen LogP contribution >= 0.6 is 0 Å². The predicted molar refractivity (Wildman–Crippen MR) is 84.5 cm³/mol. The minimum absolute atomic E-state index is 0.865. The monoisotopic (exact) mass is 279 g/mol. The molecule has 0 atom stereocenters. The topological polar surface area (TPSA) is 30.3 Å². The predicted octanol–water partition coefficient (Wildman–Crippen LogP) is 3.24. The van der Waals surface area contributed by atoms with Gasteiger partial charge in [-0.1, -0.05) is 0 Å². The molecule has 1 aliphatic heterocycles. The molecule has 0 bridgehead atoms. The van der Waals surface area contributed by atoms with E-state index in [2.05, 4.69) is 44.8 Å². The van der Waals surface area contributed by atoms with Crippen molar-refractivity contribution in [1.29, 1.82) is 0 Å². The quantitative estimate of drug-likeness (QED) is 0.737. The summed E-state index contributed by atoms with van der Waals surface area (Å²) >= 11 is 0. The summed E-state index contributed by atoms with van der Waals surface area (Å²) in [6, 6.07) is 14.5. The number of nitrogens with zero attached hydrogens (tertiary/aromatic N) is 3. The third-order valence-corrected chi connectivity index (χ3v) is 4.10. The van der Waals surface area contributed by atoms with E-state index in [9.17, 15) is 0 Å². The third kappa shape index (κ3) is 2.03. The second-order valence-corrected chi connectivity index (χ2v) is 5.33. The summed E-state index contributed by atoms with van der Waals surface area (Å²) in [6.07, 6.45) is 3.17. The van der Waals surface area contributed by atoms with Crippen molar-refractivity contribution >= 4 is 16.7 Å². The number of methoxy groups -OCH3 is 1. The van der Waals surface area contributed by atoms with Crippen LogP contribution in [-0.2, 0) is 0 Å². The maximum atomic E-state index is 5.22. The highest BCUT2D eigenvalue weighted by atomic mass is 16.5. The maximum Gasteiger partial charge on any atom is 0.119 e. The van der Waals surface area contributed by atoms with Crippen LogP contribution in [0.4, 0.5) is 5.69 Å². The van der Waals surface area contributed by atoms with Gasteiger partial charge in [0.25, 0.3) is 0 Å². The lowest BCUT2D eigenvalue weighted by Crippen LogP contribution is -2.36. The molecule has 1 fully saturated rings. The molecule has 3 aromatic rings. The van der Waals surface area contributed by atoms with Crippen LogP contribution < -0.4 is 9.64 Å². The molecule has 0 spiro atoms. The van der Waals surface area contributed by atoms with Gasteiger partial charge < -0.3 is 9.64 Å². The molecule has 1 aliphatic rings. The van der Waals surface area contributed by atoms with E-state index in [1.165, 1.54) is 12.1 Å². The van der Waals surface area contributed by atoms with E-state index in [4.69, 9.17) is 4.74 Å². The first-order valence-electron chi connectivity index (χ1n) is 7.22. The Bertz CT molecular complexity index is 772. The summed E-state index contributed by atoms with van der Waals surface area (Å²) in [4.78, 5) is 6.89. The Morgan fingerprint density at radius 1 is 1.00 bits per heavy atom. The Hall–Kier alpha value is -2.49. The highest BCUT2D eigenvalue weighted by molar-refractivity contribution is 5.81. The lowest BCUT2D eigenvalue weighted by atomic mass is 10.1. The summed E-state index contributed by atoms with van der Waals surface area (Å²) in [6.45, 7) is 2.31. The van der Waals surface area contributed by atoms with Crippen molar-refractivity contribution in [1.82, 2.24) is 9.55 Å². The van der Waals surface area contributed by atoms with Crippen LogP contribution in [0.3, 0.4) is 0 Å². The molecule has 1 saturated heterocycles. The van der Waals surface area contributed by atoms with Crippen LogP contribution in [-0.4, -0.2) is 29.8 Å². The molecule has 0 aliphatic carbocycles. The van der Waals surface area contributed by atoms with E-state index in [0.717, 1.165) is 35.6 Å². The Balaban J connectivity index is 1.79. The zero-order chi connectivity index (χ0) is 14.2. The minimum Gasteiger partial charge on any atom is -0.497 e. The molecule has 21 heavy (non-hydrogen) atoms. The number of rotatable bonds is 3. The molecule has 0 radical (unpaired) electrons. The largest absolute Gasteiger partial charge is 0.497 e. The van der Waals surface area contributed by atoms with Gasteiger partial charge in [0.05, 0.1) is 18.1 Å². The van der Waals surface area contributed by atoms with Crippen LogP contribution in [0.2, 0.25) is 0 Å². The molecule has 4 heteroatoms. The van der Waals surface area contributed by atoms with Crippen molar-refractivity contribution in [3.63, 3.8) is 0 Å². The second-order valence-electron chi connectivity index (χ2n) is 5.33. The number of anilines is 1. The molecule has 0 N–H and O–H groups in total. The number of hydrogen-bond donors (Lipinski definition) is 0. The fourth-order valence-corrected chi connectivity index (χ4v) is 2.72. The van der Waals surface area contributed by atoms with E-state index in [1.54, 1.807) is 7.11 Å². The van der Waals surface area contributed by atoms with Crippen molar-refractivity contribution < 1.29 is 4.74 Å². The van der Waals surface area contributed by atoms with E-state index < -0.39 is 0 Å². The van der Waals surface area contributed by atoms with Crippen molar-refractivity contribution in [2.75, 3.05) is 25.1 Å². The first kappa shape index (κ1) is 12.3. The molecule has 4 rings (SSSR count). The molecular formula is C17H17N3O. The van der Waals surface area contributed by atoms with Gasteiger partial charge in [0.2, 0.25) is 0 Å². The Labute approximate surface area is 123 Å². The van der Waals surface area contributed by atoms with Crippen molar-refractivity contribution in [2.45, 2.75) is 6.42 Å². The molecule has 2 heterocycles. The molecule has 0 unspecified atom stereocenters. The van der Waals surface area contributed by atoms with Crippen LogP contribution in [0.1, 0.15) is 6.42 Å². The summed E-state index contributed by atoms with van der Waals surface area (Å²) in [5.74, 6) is 0.865. The molecule has 0 amide bonds. The second kappa shape index (κ2) is 4.81. The van der Waals surface area contributed by atoms with Gasteiger partial charge >= 0.3 is 0 Å². The van der Waals surface area contributed by atoms with Gasteiger partial charge in [-0.15, -0.1) is 0 Å².